The number of amides is 2. The molecule has 1 aliphatic rings. The van der Waals surface area contributed by atoms with E-state index < -0.39 is 0 Å². The van der Waals surface area contributed by atoms with Crippen molar-refractivity contribution in [2.24, 2.45) is 0 Å². The van der Waals surface area contributed by atoms with Crippen molar-refractivity contribution in [2.75, 3.05) is 24.5 Å². The predicted octanol–water partition coefficient (Wildman–Crippen LogP) is 4.51. The van der Waals surface area contributed by atoms with Crippen molar-refractivity contribution in [1.29, 1.82) is 0 Å². The van der Waals surface area contributed by atoms with Crippen molar-refractivity contribution >= 4 is 28.5 Å². The molecular formula is C26H32N4O2. The molecule has 168 valence electrons. The third-order valence-electron chi connectivity index (χ3n) is 6.12. The van der Waals surface area contributed by atoms with E-state index in [0.29, 0.717) is 13.0 Å². The number of carbonyl (C=O) groups is 2. The lowest BCUT2D eigenvalue weighted by atomic mass is 10.1. The number of nitrogens with zero attached hydrogens (tertiary/aromatic N) is 4. The van der Waals surface area contributed by atoms with Gasteiger partial charge in [-0.15, -0.1) is 0 Å². The topological polar surface area (TPSA) is 58.4 Å². The summed E-state index contributed by atoms with van der Waals surface area (Å²) in [6, 6.07) is 16.0. The number of hydrogen-bond acceptors (Lipinski definition) is 3. The smallest absolute Gasteiger partial charge is 0.242 e. The molecule has 6 heteroatoms. The molecule has 32 heavy (non-hydrogen) atoms. The highest BCUT2D eigenvalue weighted by molar-refractivity contribution is 5.96. The van der Waals surface area contributed by atoms with Gasteiger partial charge in [0.25, 0.3) is 0 Å². The van der Waals surface area contributed by atoms with Gasteiger partial charge in [-0.25, -0.2) is 4.98 Å². The summed E-state index contributed by atoms with van der Waals surface area (Å²) in [7, 11) is 0. The average Bonchev–Trinajstić information content (AvgIpc) is 3.34. The van der Waals surface area contributed by atoms with Crippen LogP contribution in [-0.4, -0.2) is 45.9 Å². The molecule has 4 rings (SSSR count). The van der Waals surface area contributed by atoms with Crippen molar-refractivity contribution in [2.45, 2.75) is 52.5 Å². The quantitative estimate of drug-likeness (QED) is 0.526. The Hall–Kier alpha value is -3.15. The summed E-state index contributed by atoms with van der Waals surface area (Å²) in [5.41, 5.74) is 3.87. The molecule has 0 unspecified atom stereocenters. The molecule has 1 atom stereocenters. The molecule has 0 N–H and O–H groups in total. The molecule has 2 amide bonds. The van der Waals surface area contributed by atoms with Gasteiger partial charge >= 0.3 is 0 Å². The summed E-state index contributed by atoms with van der Waals surface area (Å²) in [5, 5.41) is 0. The highest BCUT2D eigenvalue weighted by Crippen LogP contribution is 2.33. The lowest BCUT2D eigenvalue weighted by molar-refractivity contribution is -0.131. The largest absolute Gasteiger partial charge is 0.341 e. The first kappa shape index (κ1) is 22.1. The minimum absolute atomic E-state index is 0.0472. The summed E-state index contributed by atoms with van der Waals surface area (Å²) in [4.78, 5) is 34.8. The van der Waals surface area contributed by atoms with E-state index in [0.717, 1.165) is 54.0 Å². The molecule has 2 aromatic carbocycles. The van der Waals surface area contributed by atoms with Crippen molar-refractivity contribution in [3.05, 3.63) is 59.9 Å². The van der Waals surface area contributed by atoms with Gasteiger partial charge in [-0.05, 0) is 49.6 Å². The van der Waals surface area contributed by atoms with E-state index in [1.807, 2.05) is 69.8 Å². The zero-order valence-electron chi connectivity index (χ0n) is 19.3. The number of fused-ring (bicyclic) bond motifs is 1. The monoisotopic (exact) mass is 432 g/mol. The van der Waals surface area contributed by atoms with Gasteiger partial charge in [0.2, 0.25) is 11.8 Å². The van der Waals surface area contributed by atoms with Crippen LogP contribution in [-0.2, 0) is 16.1 Å². The predicted molar refractivity (Wildman–Crippen MR) is 128 cm³/mol. The van der Waals surface area contributed by atoms with Crippen molar-refractivity contribution < 1.29 is 9.59 Å². The third-order valence-corrected chi connectivity index (χ3v) is 6.12. The third kappa shape index (κ3) is 4.40. The molecule has 2 heterocycles. The minimum Gasteiger partial charge on any atom is -0.341 e. The number of hydrogen-bond donors (Lipinski definition) is 0. The first-order chi connectivity index (χ1) is 15.5. The van der Waals surface area contributed by atoms with E-state index in [1.54, 1.807) is 0 Å². The number of benzene rings is 2. The van der Waals surface area contributed by atoms with Gasteiger partial charge in [-0.1, -0.05) is 38.1 Å². The number of aryl methyl sites for hydroxylation is 1. The van der Waals surface area contributed by atoms with Crippen LogP contribution in [0, 0.1) is 6.92 Å². The first-order valence-electron chi connectivity index (χ1n) is 11.6. The van der Waals surface area contributed by atoms with Crippen LogP contribution < -0.4 is 4.90 Å². The second kappa shape index (κ2) is 9.55. The van der Waals surface area contributed by atoms with Crippen LogP contribution in [0.5, 0.6) is 0 Å². The lowest BCUT2D eigenvalue weighted by Crippen LogP contribution is -2.35. The van der Waals surface area contributed by atoms with Gasteiger partial charge in [0.1, 0.15) is 12.4 Å². The van der Waals surface area contributed by atoms with E-state index >= 15 is 0 Å². The number of para-hydroxylation sites is 2. The highest BCUT2D eigenvalue weighted by Gasteiger charge is 2.35. The van der Waals surface area contributed by atoms with Crippen molar-refractivity contribution in [1.82, 2.24) is 14.5 Å². The molecule has 0 saturated carbocycles. The van der Waals surface area contributed by atoms with Crippen LogP contribution in [0.3, 0.4) is 0 Å². The zero-order valence-corrected chi connectivity index (χ0v) is 19.3. The summed E-state index contributed by atoms with van der Waals surface area (Å²) in [6.45, 7) is 8.58. The normalized spacial score (nSPS) is 16.2. The van der Waals surface area contributed by atoms with Gasteiger partial charge in [0.05, 0.1) is 11.0 Å². The lowest BCUT2D eigenvalue weighted by Gasteiger charge is -2.23. The second-order valence-electron chi connectivity index (χ2n) is 8.67. The number of anilines is 1. The van der Waals surface area contributed by atoms with Gasteiger partial charge in [0.15, 0.2) is 0 Å². The summed E-state index contributed by atoms with van der Waals surface area (Å²) in [5.74, 6) is 0.993. The molecule has 6 nitrogen and oxygen atoms in total. The van der Waals surface area contributed by atoms with Gasteiger partial charge < -0.3 is 14.4 Å². The SMILES string of the molecule is CCCN(CCC)C(=O)Cn1c([C@@H]2CC(=O)N(c3cccc(C)c3)C2)nc2ccccc21. The van der Waals surface area contributed by atoms with Crippen LogP contribution in [0.15, 0.2) is 48.5 Å². The van der Waals surface area contributed by atoms with Crippen molar-refractivity contribution in [3.8, 4) is 0 Å². The molecule has 1 aromatic heterocycles. The van der Waals surface area contributed by atoms with Crippen LogP contribution in [0.1, 0.15) is 50.4 Å². The van der Waals surface area contributed by atoms with Gasteiger partial charge in [-0.3, -0.25) is 9.59 Å². The van der Waals surface area contributed by atoms with Crippen LogP contribution in [0.2, 0.25) is 0 Å². The second-order valence-corrected chi connectivity index (χ2v) is 8.67. The summed E-state index contributed by atoms with van der Waals surface area (Å²) in [6.07, 6.45) is 2.27. The number of imidazole rings is 1. The van der Waals surface area contributed by atoms with Crippen LogP contribution in [0.4, 0.5) is 5.69 Å². The van der Waals surface area contributed by atoms with Crippen molar-refractivity contribution in [3.63, 3.8) is 0 Å². The molecular weight excluding hydrogens is 400 g/mol. The van der Waals surface area contributed by atoms with Crippen LogP contribution in [0.25, 0.3) is 11.0 Å². The summed E-state index contributed by atoms with van der Waals surface area (Å²) < 4.78 is 2.04. The fourth-order valence-corrected chi connectivity index (χ4v) is 4.63. The number of carbonyl (C=O) groups excluding carboxylic acids is 2. The Labute approximate surface area is 189 Å². The van der Waals surface area contributed by atoms with E-state index in [4.69, 9.17) is 4.98 Å². The molecule has 0 bridgehead atoms. The Morgan fingerprint density at radius 1 is 1.09 bits per heavy atom. The van der Waals surface area contributed by atoms with Gasteiger partial charge in [-0.2, -0.15) is 0 Å². The fraction of sp³-hybridized carbons (Fsp3) is 0.423. The molecule has 3 aromatic rings. The average molecular weight is 433 g/mol. The maximum Gasteiger partial charge on any atom is 0.242 e. The van der Waals surface area contributed by atoms with E-state index in [-0.39, 0.29) is 24.3 Å². The standard InChI is InChI=1S/C26H32N4O2/c1-4-13-28(14-5-2)25(32)18-30-23-12-7-6-11-22(23)27-26(30)20-16-24(31)29(17-20)21-10-8-9-19(3)15-21/h6-12,15,20H,4-5,13-14,16-18H2,1-3H3/t20-/m1/s1. The molecule has 0 spiro atoms. The number of aromatic nitrogens is 2. The maximum atomic E-state index is 13.2. The summed E-state index contributed by atoms with van der Waals surface area (Å²) >= 11 is 0. The molecule has 0 radical (unpaired) electrons. The first-order valence-corrected chi connectivity index (χ1v) is 11.6. The Morgan fingerprint density at radius 3 is 2.56 bits per heavy atom. The van der Waals surface area contributed by atoms with E-state index in [2.05, 4.69) is 13.8 Å². The van der Waals surface area contributed by atoms with E-state index in [9.17, 15) is 9.59 Å². The fourth-order valence-electron chi connectivity index (χ4n) is 4.63. The minimum atomic E-state index is -0.0472. The Balaban J connectivity index is 1.66. The highest BCUT2D eigenvalue weighted by atomic mass is 16.2. The van der Waals surface area contributed by atoms with E-state index in [1.165, 1.54) is 0 Å². The molecule has 1 fully saturated rings. The zero-order chi connectivity index (χ0) is 22.7. The number of rotatable bonds is 8. The molecule has 0 aliphatic carbocycles. The maximum absolute atomic E-state index is 13.2. The Kier molecular flexibility index (Phi) is 6.58. The van der Waals surface area contributed by atoms with Crippen LogP contribution >= 0.6 is 0 Å². The Morgan fingerprint density at radius 2 is 1.84 bits per heavy atom. The molecule has 1 aliphatic heterocycles. The Bertz CT molecular complexity index is 1110. The van der Waals surface area contributed by atoms with Gasteiger partial charge in [0, 0.05) is 37.7 Å². The molecule has 1 saturated heterocycles.